The molecule has 0 spiro atoms. The standard InChI is InChI=1S/C24H28FN3O/c1-16-13-17(6-9-22(16)25)18-14-19-7-8-20(15-18)28(19)23-21(5-4-10-26-23)24(29)27-11-2-3-12-27/h4-6,9-10,13,18-20H,2-3,7-8,11-12,14-15H2,1H3/t18?,19-,20+. The van der Waals surface area contributed by atoms with E-state index in [1.54, 1.807) is 6.07 Å². The van der Waals surface area contributed by atoms with Crippen molar-refractivity contribution in [1.29, 1.82) is 0 Å². The first kappa shape index (κ1) is 18.6. The average Bonchev–Trinajstić information content (AvgIpc) is 3.36. The lowest BCUT2D eigenvalue weighted by atomic mass is 9.84. The Hall–Kier alpha value is -2.43. The lowest BCUT2D eigenvalue weighted by Gasteiger charge is -2.41. The van der Waals surface area contributed by atoms with Crippen LogP contribution in [0, 0.1) is 12.7 Å². The number of benzene rings is 1. The highest BCUT2D eigenvalue weighted by Gasteiger charge is 2.43. The number of amides is 1. The largest absolute Gasteiger partial charge is 0.350 e. The van der Waals surface area contributed by atoms with Crippen LogP contribution in [-0.2, 0) is 0 Å². The van der Waals surface area contributed by atoms with Gasteiger partial charge in [-0.1, -0.05) is 12.1 Å². The van der Waals surface area contributed by atoms with Gasteiger partial charge in [0, 0.05) is 31.4 Å². The van der Waals surface area contributed by atoms with E-state index in [4.69, 9.17) is 0 Å². The number of anilines is 1. The van der Waals surface area contributed by atoms with Crippen LogP contribution < -0.4 is 4.90 Å². The first-order valence-electron chi connectivity index (χ1n) is 10.9. The van der Waals surface area contributed by atoms with Crippen LogP contribution in [0.1, 0.15) is 65.9 Å². The molecule has 3 fully saturated rings. The molecule has 4 nitrogen and oxygen atoms in total. The highest BCUT2D eigenvalue weighted by molar-refractivity contribution is 5.99. The van der Waals surface area contributed by atoms with Crippen LogP contribution in [-0.4, -0.2) is 41.0 Å². The monoisotopic (exact) mass is 393 g/mol. The van der Waals surface area contributed by atoms with Gasteiger partial charge in [-0.15, -0.1) is 0 Å². The van der Waals surface area contributed by atoms with Crippen molar-refractivity contribution >= 4 is 11.7 Å². The number of hydrogen-bond acceptors (Lipinski definition) is 3. The summed E-state index contributed by atoms with van der Waals surface area (Å²) in [5, 5.41) is 0. The van der Waals surface area contributed by atoms with Crippen LogP contribution >= 0.6 is 0 Å². The zero-order valence-electron chi connectivity index (χ0n) is 17.0. The Morgan fingerprint density at radius 3 is 2.52 bits per heavy atom. The Morgan fingerprint density at radius 1 is 1.10 bits per heavy atom. The van der Waals surface area contributed by atoms with E-state index >= 15 is 0 Å². The lowest BCUT2D eigenvalue weighted by molar-refractivity contribution is 0.0793. The Bertz CT molecular complexity index is 910. The maximum Gasteiger partial charge on any atom is 0.257 e. The molecule has 1 aromatic heterocycles. The number of fused-ring (bicyclic) bond motifs is 2. The fourth-order valence-corrected chi connectivity index (χ4v) is 5.58. The summed E-state index contributed by atoms with van der Waals surface area (Å²) in [5.74, 6) is 1.31. The minimum Gasteiger partial charge on any atom is -0.350 e. The second-order valence-electron chi connectivity index (χ2n) is 8.84. The third-order valence-corrected chi connectivity index (χ3v) is 7.04. The van der Waals surface area contributed by atoms with Crippen LogP contribution in [0.4, 0.5) is 10.2 Å². The fourth-order valence-electron chi connectivity index (χ4n) is 5.58. The van der Waals surface area contributed by atoms with Gasteiger partial charge in [-0.25, -0.2) is 9.37 Å². The van der Waals surface area contributed by atoms with E-state index in [1.807, 2.05) is 42.3 Å². The van der Waals surface area contributed by atoms with Gasteiger partial charge in [0.2, 0.25) is 0 Å². The summed E-state index contributed by atoms with van der Waals surface area (Å²) in [4.78, 5) is 22.2. The summed E-state index contributed by atoms with van der Waals surface area (Å²) >= 11 is 0. The molecule has 1 aromatic carbocycles. The zero-order valence-corrected chi connectivity index (χ0v) is 17.0. The third kappa shape index (κ3) is 3.30. The number of halogens is 1. The molecule has 1 amide bonds. The van der Waals surface area contributed by atoms with E-state index in [-0.39, 0.29) is 11.7 Å². The van der Waals surface area contributed by atoms with Crippen molar-refractivity contribution in [2.24, 2.45) is 0 Å². The number of carbonyl (C=O) groups excluding carboxylic acids is 1. The highest BCUT2D eigenvalue weighted by Crippen LogP contribution is 2.45. The zero-order chi connectivity index (χ0) is 20.0. The summed E-state index contributed by atoms with van der Waals surface area (Å²) in [5.41, 5.74) is 2.72. The first-order valence-corrected chi connectivity index (χ1v) is 10.9. The van der Waals surface area contributed by atoms with Crippen molar-refractivity contribution in [3.8, 4) is 0 Å². The molecule has 3 aliphatic rings. The van der Waals surface area contributed by atoms with E-state index < -0.39 is 0 Å². The van der Waals surface area contributed by atoms with Crippen molar-refractivity contribution < 1.29 is 9.18 Å². The molecule has 5 rings (SSSR count). The van der Waals surface area contributed by atoms with Crippen molar-refractivity contribution in [3.63, 3.8) is 0 Å². The van der Waals surface area contributed by atoms with Gasteiger partial charge in [0.05, 0.1) is 5.56 Å². The Morgan fingerprint density at radius 2 is 1.83 bits per heavy atom. The Labute approximate surface area is 171 Å². The summed E-state index contributed by atoms with van der Waals surface area (Å²) in [6.45, 7) is 3.55. The van der Waals surface area contributed by atoms with Crippen LogP contribution in [0.25, 0.3) is 0 Å². The van der Waals surface area contributed by atoms with E-state index in [2.05, 4.69) is 9.88 Å². The van der Waals surface area contributed by atoms with Gasteiger partial charge in [-0.05, 0) is 80.7 Å². The number of piperidine rings is 1. The molecule has 0 radical (unpaired) electrons. The average molecular weight is 394 g/mol. The normalized spacial score (nSPS) is 26.2. The molecule has 2 aromatic rings. The SMILES string of the molecule is Cc1cc(C2C[C@H]3CC[C@@H](C2)N3c2ncccc2C(=O)N2CCCC2)ccc1F. The van der Waals surface area contributed by atoms with E-state index in [0.29, 0.717) is 18.0 Å². The highest BCUT2D eigenvalue weighted by atomic mass is 19.1. The molecular weight excluding hydrogens is 365 g/mol. The van der Waals surface area contributed by atoms with Gasteiger partial charge < -0.3 is 9.80 Å². The molecule has 5 heteroatoms. The summed E-state index contributed by atoms with van der Waals surface area (Å²) in [7, 11) is 0. The van der Waals surface area contributed by atoms with E-state index in [0.717, 1.165) is 68.6 Å². The minimum absolute atomic E-state index is 0.126. The van der Waals surface area contributed by atoms with Gasteiger partial charge in [0.15, 0.2) is 0 Å². The summed E-state index contributed by atoms with van der Waals surface area (Å²) < 4.78 is 13.7. The van der Waals surface area contributed by atoms with Gasteiger partial charge in [-0.2, -0.15) is 0 Å². The molecular formula is C24H28FN3O. The fraction of sp³-hybridized carbons (Fsp3) is 0.500. The summed E-state index contributed by atoms with van der Waals surface area (Å²) in [6.07, 6.45) is 8.34. The molecule has 152 valence electrons. The number of pyridine rings is 1. The van der Waals surface area contributed by atoms with Crippen LogP contribution in [0.5, 0.6) is 0 Å². The quantitative estimate of drug-likeness (QED) is 0.760. The van der Waals surface area contributed by atoms with Gasteiger partial charge in [0.25, 0.3) is 5.91 Å². The molecule has 2 bridgehead atoms. The number of likely N-dealkylation sites (tertiary alicyclic amines) is 1. The molecule has 3 saturated heterocycles. The van der Waals surface area contributed by atoms with Crippen molar-refractivity contribution in [2.75, 3.05) is 18.0 Å². The van der Waals surface area contributed by atoms with Crippen LogP contribution in [0.3, 0.4) is 0 Å². The number of hydrogen-bond donors (Lipinski definition) is 0. The molecule has 3 atom stereocenters. The number of carbonyl (C=O) groups is 1. The predicted molar refractivity (Wildman–Crippen MR) is 112 cm³/mol. The van der Waals surface area contributed by atoms with Crippen LogP contribution in [0.2, 0.25) is 0 Å². The van der Waals surface area contributed by atoms with Crippen molar-refractivity contribution in [1.82, 2.24) is 9.88 Å². The molecule has 0 aliphatic carbocycles. The third-order valence-electron chi connectivity index (χ3n) is 7.04. The van der Waals surface area contributed by atoms with Gasteiger partial charge in [0.1, 0.15) is 11.6 Å². The topological polar surface area (TPSA) is 36.4 Å². The predicted octanol–water partition coefficient (Wildman–Crippen LogP) is 4.68. The van der Waals surface area contributed by atoms with E-state index in [1.165, 1.54) is 5.56 Å². The molecule has 3 aliphatic heterocycles. The first-order chi connectivity index (χ1) is 14.1. The number of aryl methyl sites for hydroxylation is 1. The second-order valence-corrected chi connectivity index (χ2v) is 8.84. The number of aromatic nitrogens is 1. The number of rotatable bonds is 3. The van der Waals surface area contributed by atoms with Crippen molar-refractivity contribution in [2.45, 2.75) is 63.5 Å². The maximum atomic E-state index is 13.7. The van der Waals surface area contributed by atoms with Crippen LogP contribution in [0.15, 0.2) is 36.5 Å². The second kappa shape index (κ2) is 7.43. The number of nitrogens with zero attached hydrogens (tertiary/aromatic N) is 3. The molecule has 1 unspecified atom stereocenters. The van der Waals surface area contributed by atoms with Crippen molar-refractivity contribution in [3.05, 3.63) is 59.0 Å². The lowest BCUT2D eigenvalue weighted by Crippen LogP contribution is -2.44. The molecule has 29 heavy (non-hydrogen) atoms. The van der Waals surface area contributed by atoms with Gasteiger partial charge in [-0.3, -0.25) is 4.79 Å². The smallest absolute Gasteiger partial charge is 0.257 e. The molecule has 0 saturated carbocycles. The summed E-state index contributed by atoms with van der Waals surface area (Å²) in [6, 6.07) is 10.2. The molecule has 0 N–H and O–H groups in total. The van der Waals surface area contributed by atoms with Gasteiger partial charge >= 0.3 is 0 Å². The van der Waals surface area contributed by atoms with E-state index in [9.17, 15) is 9.18 Å². The Kier molecular flexibility index (Phi) is 4.76. The molecule has 4 heterocycles. The maximum absolute atomic E-state index is 13.7. The minimum atomic E-state index is -0.132. The Balaban J connectivity index is 1.41.